The van der Waals surface area contributed by atoms with Gasteiger partial charge in [-0.25, -0.2) is 0 Å². The van der Waals surface area contributed by atoms with E-state index in [1.54, 1.807) is 0 Å². The first kappa shape index (κ1) is 9.16. The SMILES string of the molecule is CC(=O)NO[I-]C(C)C. The van der Waals surface area contributed by atoms with Crippen molar-refractivity contribution in [2.24, 2.45) is 0 Å². The predicted octanol–water partition coefficient (Wildman–Crippen LogP) is -2.53. The molecule has 56 valence electrons. The van der Waals surface area contributed by atoms with Crippen LogP contribution in [-0.2, 0) is 7.96 Å². The van der Waals surface area contributed by atoms with Crippen molar-refractivity contribution < 1.29 is 29.6 Å². The number of carbonyl (C=O) groups is 1. The third-order valence-corrected chi connectivity index (χ3v) is 1.90. The number of halogens is 1. The Balaban J connectivity index is 3.01. The molecule has 0 aliphatic rings. The summed E-state index contributed by atoms with van der Waals surface area (Å²) in [6.07, 6.45) is 0. The standard InChI is InChI=1S/C5H11INO2/c1-4(2)6-9-7-5(3)8/h4H,1-3H3,(H,7,8)/q-1. The molecule has 0 atom stereocenters. The van der Waals surface area contributed by atoms with Gasteiger partial charge in [0.1, 0.15) is 0 Å². The summed E-state index contributed by atoms with van der Waals surface area (Å²) in [4.78, 5) is 10.2. The van der Waals surface area contributed by atoms with Crippen molar-refractivity contribution in [2.45, 2.75) is 24.7 Å². The molecule has 0 saturated carbocycles. The summed E-state index contributed by atoms with van der Waals surface area (Å²) >= 11 is -0.300. The van der Waals surface area contributed by atoms with E-state index in [0.717, 1.165) is 0 Å². The van der Waals surface area contributed by atoms with E-state index in [1.165, 1.54) is 6.92 Å². The molecule has 0 aromatic heterocycles. The van der Waals surface area contributed by atoms with E-state index in [1.807, 2.05) is 0 Å². The summed E-state index contributed by atoms with van der Waals surface area (Å²) in [6.45, 7) is 5.56. The molecule has 3 nitrogen and oxygen atoms in total. The van der Waals surface area contributed by atoms with Crippen LogP contribution >= 0.6 is 0 Å². The average molecular weight is 244 g/mol. The topological polar surface area (TPSA) is 38.3 Å². The molecule has 0 aromatic rings. The molecule has 1 amide bonds. The zero-order valence-electron chi connectivity index (χ0n) is 5.77. The fourth-order valence-corrected chi connectivity index (χ4v) is 1.11. The van der Waals surface area contributed by atoms with Crippen molar-refractivity contribution in [1.29, 1.82) is 0 Å². The predicted molar refractivity (Wildman–Crippen MR) is 30.0 cm³/mol. The quantitative estimate of drug-likeness (QED) is 0.337. The first-order valence-corrected chi connectivity index (χ1v) is 4.81. The third kappa shape index (κ3) is 8.16. The van der Waals surface area contributed by atoms with Crippen molar-refractivity contribution in [1.82, 2.24) is 5.48 Å². The van der Waals surface area contributed by atoms with Gasteiger partial charge in [0.05, 0.1) is 0 Å². The van der Waals surface area contributed by atoms with Gasteiger partial charge in [0, 0.05) is 0 Å². The molecule has 0 unspecified atom stereocenters. The Hall–Kier alpha value is 0.160. The van der Waals surface area contributed by atoms with Crippen LogP contribution in [0, 0.1) is 0 Å². The summed E-state index contributed by atoms with van der Waals surface area (Å²) in [7, 11) is 0. The van der Waals surface area contributed by atoms with Crippen molar-refractivity contribution in [3.05, 3.63) is 0 Å². The Morgan fingerprint density at radius 3 is 2.56 bits per heavy atom. The van der Waals surface area contributed by atoms with Gasteiger partial charge in [-0.15, -0.1) is 0 Å². The molecule has 0 bridgehead atoms. The van der Waals surface area contributed by atoms with E-state index >= 15 is 0 Å². The van der Waals surface area contributed by atoms with E-state index in [4.69, 9.17) is 3.17 Å². The van der Waals surface area contributed by atoms with Crippen LogP contribution in [0.25, 0.3) is 0 Å². The minimum absolute atomic E-state index is 0.129. The van der Waals surface area contributed by atoms with Gasteiger partial charge < -0.3 is 0 Å². The fourth-order valence-electron chi connectivity index (χ4n) is 0.166. The van der Waals surface area contributed by atoms with E-state index in [0.29, 0.717) is 3.92 Å². The van der Waals surface area contributed by atoms with Crippen molar-refractivity contribution in [2.75, 3.05) is 0 Å². The summed E-state index contributed by atoms with van der Waals surface area (Å²) in [5, 5.41) is 0. The number of hydroxylamine groups is 1. The molecular weight excluding hydrogens is 233 g/mol. The van der Waals surface area contributed by atoms with Gasteiger partial charge in [0.25, 0.3) is 0 Å². The Morgan fingerprint density at radius 1 is 1.67 bits per heavy atom. The second-order valence-electron chi connectivity index (χ2n) is 1.84. The number of amides is 1. The fraction of sp³-hybridized carbons (Fsp3) is 0.800. The number of alkyl halides is 1. The number of rotatable bonds is 3. The van der Waals surface area contributed by atoms with Crippen LogP contribution in [0.3, 0.4) is 0 Å². The van der Waals surface area contributed by atoms with E-state index in [-0.39, 0.29) is 27.5 Å². The maximum absolute atomic E-state index is 10.2. The molecule has 0 radical (unpaired) electrons. The molecule has 0 aromatic carbocycles. The molecule has 9 heavy (non-hydrogen) atoms. The molecule has 0 aliphatic heterocycles. The average Bonchev–Trinajstić information content (AvgIpc) is 1.63. The zero-order chi connectivity index (χ0) is 7.28. The number of nitrogens with one attached hydrogen (secondary N) is 1. The number of carbonyl (C=O) groups excluding carboxylic acids is 1. The van der Waals surface area contributed by atoms with Crippen LogP contribution in [0.5, 0.6) is 0 Å². The second-order valence-corrected chi connectivity index (χ2v) is 5.28. The van der Waals surface area contributed by atoms with Crippen LogP contribution in [-0.4, -0.2) is 9.83 Å². The molecule has 0 aliphatic carbocycles. The van der Waals surface area contributed by atoms with Gasteiger partial charge >= 0.3 is 65.7 Å². The van der Waals surface area contributed by atoms with Gasteiger partial charge in [-0.1, -0.05) is 0 Å². The molecular formula is C5H11INO2-. The van der Waals surface area contributed by atoms with Gasteiger partial charge in [-0.05, 0) is 0 Å². The van der Waals surface area contributed by atoms with Gasteiger partial charge in [0.15, 0.2) is 0 Å². The molecule has 0 fully saturated rings. The van der Waals surface area contributed by atoms with Gasteiger partial charge in [-0.2, -0.15) is 0 Å². The normalized spacial score (nSPS) is 10.2. The molecule has 0 rings (SSSR count). The van der Waals surface area contributed by atoms with Crippen LogP contribution < -0.4 is 27.1 Å². The van der Waals surface area contributed by atoms with E-state index < -0.39 is 0 Å². The first-order chi connectivity index (χ1) is 4.13. The van der Waals surface area contributed by atoms with Crippen molar-refractivity contribution in [3.8, 4) is 0 Å². The molecule has 0 saturated heterocycles. The molecule has 4 heteroatoms. The maximum atomic E-state index is 10.2. The third-order valence-electron chi connectivity index (χ3n) is 0.405. The van der Waals surface area contributed by atoms with Crippen LogP contribution in [0.4, 0.5) is 0 Å². The Morgan fingerprint density at radius 2 is 2.22 bits per heavy atom. The summed E-state index contributed by atoms with van der Waals surface area (Å²) in [5.74, 6) is -0.129. The summed E-state index contributed by atoms with van der Waals surface area (Å²) in [6, 6.07) is 0. The first-order valence-electron chi connectivity index (χ1n) is 2.69. The van der Waals surface area contributed by atoms with Gasteiger partial charge in [0.2, 0.25) is 0 Å². The Kier molecular flexibility index (Phi) is 5.07. The summed E-state index contributed by atoms with van der Waals surface area (Å²) < 4.78 is 5.43. The minimum atomic E-state index is -0.300. The molecule has 0 heterocycles. The van der Waals surface area contributed by atoms with Gasteiger partial charge in [-0.3, -0.25) is 0 Å². The second kappa shape index (κ2) is 4.99. The summed E-state index contributed by atoms with van der Waals surface area (Å²) in [5.41, 5.74) is 2.29. The van der Waals surface area contributed by atoms with Crippen molar-refractivity contribution in [3.63, 3.8) is 0 Å². The van der Waals surface area contributed by atoms with Crippen molar-refractivity contribution >= 4 is 5.91 Å². The Labute approximate surface area is 65.9 Å². The molecule has 1 N–H and O–H groups in total. The monoisotopic (exact) mass is 244 g/mol. The zero-order valence-corrected chi connectivity index (χ0v) is 7.93. The van der Waals surface area contributed by atoms with E-state index in [9.17, 15) is 4.79 Å². The van der Waals surface area contributed by atoms with Crippen LogP contribution in [0.1, 0.15) is 20.8 Å². The molecule has 0 spiro atoms. The van der Waals surface area contributed by atoms with Crippen LogP contribution in [0.15, 0.2) is 0 Å². The van der Waals surface area contributed by atoms with Crippen LogP contribution in [0.2, 0.25) is 0 Å². The number of hydrogen-bond acceptors (Lipinski definition) is 2. The van der Waals surface area contributed by atoms with E-state index in [2.05, 4.69) is 19.3 Å². The number of hydrogen-bond donors (Lipinski definition) is 1. The Bertz CT molecular complexity index is 95.0.